The van der Waals surface area contributed by atoms with Gasteiger partial charge in [-0.15, -0.1) is 0 Å². The molecule has 0 saturated carbocycles. The number of hydrogen-bond donors (Lipinski definition) is 2. The Morgan fingerprint density at radius 3 is 2.35 bits per heavy atom. The molecule has 1 unspecified atom stereocenters. The predicted octanol–water partition coefficient (Wildman–Crippen LogP) is 4.11. The number of anilines is 1. The highest BCUT2D eigenvalue weighted by Crippen LogP contribution is 2.26. The van der Waals surface area contributed by atoms with Crippen molar-refractivity contribution in [3.63, 3.8) is 0 Å². The number of aromatic amines is 1. The molecule has 0 radical (unpaired) electrons. The summed E-state index contributed by atoms with van der Waals surface area (Å²) in [7, 11) is 0. The zero-order valence-electron chi connectivity index (χ0n) is 13.9. The lowest BCUT2D eigenvalue weighted by Gasteiger charge is -2.22. The standard InChI is InChI=1S/C16H29N3O/c1-11(10-15(2,3)4)8-14(20)17-13-9-12(18-19-13)16(5,6)7/h9,11H,8,10H2,1-7H3,(H2,17,18,19,20). The van der Waals surface area contributed by atoms with Crippen LogP contribution in [0.4, 0.5) is 5.82 Å². The number of H-pyrrole nitrogens is 1. The molecule has 0 aromatic carbocycles. The quantitative estimate of drug-likeness (QED) is 0.871. The van der Waals surface area contributed by atoms with Crippen LogP contribution in [0.3, 0.4) is 0 Å². The lowest BCUT2D eigenvalue weighted by Crippen LogP contribution is -2.19. The van der Waals surface area contributed by atoms with Crippen LogP contribution in [-0.2, 0) is 10.2 Å². The molecule has 1 amide bonds. The molecule has 1 aromatic rings. The van der Waals surface area contributed by atoms with Crippen LogP contribution in [0.15, 0.2) is 6.07 Å². The van der Waals surface area contributed by atoms with Crippen molar-refractivity contribution in [2.75, 3.05) is 5.32 Å². The summed E-state index contributed by atoms with van der Waals surface area (Å²) in [5.41, 5.74) is 1.29. The monoisotopic (exact) mass is 279 g/mol. The Morgan fingerprint density at radius 1 is 1.30 bits per heavy atom. The molecule has 0 aliphatic heterocycles. The molecule has 1 atom stereocenters. The van der Waals surface area contributed by atoms with E-state index >= 15 is 0 Å². The average Bonchev–Trinajstić information content (AvgIpc) is 2.61. The van der Waals surface area contributed by atoms with Gasteiger partial charge in [-0.1, -0.05) is 48.5 Å². The fourth-order valence-corrected chi connectivity index (χ4v) is 2.40. The lowest BCUT2D eigenvalue weighted by molar-refractivity contribution is -0.117. The van der Waals surface area contributed by atoms with Gasteiger partial charge in [0.1, 0.15) is 0 Å². The summed E-state index contributed by atoms with van der Waals surface area (Å²) in [5, 5.41) is 10.00. The summed E-state index contributed by atoms with van der Waals surface area (Å²) in [4.78, 5) is 12.0. The zero-order chi connectivity index (χ0) is 15.6. The average molecular weight is 279 g/mol. The molecule has 0 spiro atoms. The van der Waals surface area contributed by atoms with Gasteiger partial charge >= 0.3 is 0 Å². The van der Waals surface area contributed by atoms with Crippen molar-refractivity contribution in [1.29, 1.82) is 0 Å². The van der Waals surface area contributed by atoms with Gasteiger partial charge in [0.2, 0.25) is 5.91 Å². The van der Waals surface area contributed by atoms with E-state index in [2.05, 4.69) is 64.0 Å². The van der Waals surface area contributed by atoms with E-state index in [0.29, 0.717) is 18.2 Å². The molecule has 0 saturated heterocycles. The van der Waals surface area contributed by atoms with E-state index in [1.165, 1.54) is 0 Å². The Kier molecular flexibility index (Phi) is 5.00. The van der Waals surface area contributed by atoms with Crippen LogP contribution in [0.2, 0.25) is 0 Å². The van der Waals surface area contributed by atoms with Crippen LogP contribution in [0.1, 0.15) is 67.0 Å². The second-order valence-electron chi connectivity index (χ2n) is 8.04. The van der Waals surface area contributed by atoms with Crippen LogP contribution < -0.4 is 5.32 Å². The van der Waals surface area contributed by atoms with E-state index in [9.17, 15) is 4.79 Å². The number of amides is 1. The second-order valence-corrected chi connectivity index (χ2v) is 8.04. The van der Waals surface area contributed by atoms with E-state index < -0.39 is 0 Å². The third-order valence-corrected chi connectivity index (χ3v) is 3.15. The minimum absolute atomic E-state index is 0.00943. The zero-order valence-corrected chi connectivity index (χ0v) is 13.9. The molecule has 0 aliphatic carbocycles. The maximum Gasteiger partial charge on any atom is 0.225 e. The molecule has 20 heavy (non-hydrogen) atoms. The van der Waals surface area contributed by atoms with Gasteiger partial charge in [0.05, 0.1) is 0 Å². The largest absolute Gasteiger partial charge is 0.309 e. The summed E-state index contributed by atoms with van der Waals surface area (Å²) in [5.74, 6) is 1.02. The smallest absolute Gasteiger partial charge is 0.225 e. The van der Waals surface area contributed by atoms with E-state index in [4.69, 9.17) is 0 Å². The Balaban J connectivity index is 2.53. The molecule has 0 fully saturated rings. The third-order valence-electron chi connectivity index (χ3n) is 3.15. The Labute approximate surface area is 122 Å². The maximum atomic E-state index is 12.0. The lowest BCUT2D eigenvalue weighted by atomic mass is 9.84. The number of hydrogen-bond acceptors (Lipinski definition) is 2. The van der Waals surface area contributed by atoms with E-state index in [1.807, 2.05) is 6.07 Å². The molecule has 2 N–H and O–H groups in total. The van der Waals surface area contributed by atoms with E-state index in [-0.39, 0.29) is 16.7 Å². The molecule has 1 rings (SSSR count). The minimum Gasteiger partial charge on any atom is -0.309 e. The highest BCUT2D eigenvalue weighted by Gasteiger charge is 2.20. The number of rotatable bonds is 4. The number of aromatic nitrogens is 2. The first-order chi connectivity index (χ1) is 8.97. The minimum atomic E-state index is 0.00943. The van der Waals surface area contributed by atoms with Gasteiger partial charge in [0.25, 0.3) is 0 Å². The number of nitrogens with one attached hydrogen (secondary N) is 2. The van der Waals surface area contributed by atoms with Crippen molar-refractivity contribution in [3.05, 3.63) is 11.8 Å². The van der Waals surface area contributed by atoms with Crippen molar-refractivity contribution in [1.82, 2.24) is 10.2 Å². The van der Waals surface area contributed by atoms with Crippen LogP contribution >= 0.6 is 0 Å². The molecule has 114 valence electrons. The Hall–Kier alpha value is -1.32. The van der Waals surface area contributed by atoms with Crippen LogP contribution in [0.5, 0.6) is 0 Å². The van der Waals surface area contributed by atoms with Gasteiger partial charge in [0.15, 0.2) is 5.82 Å². The van der Waals surface area contributed by atoms with Gasteiger partial charge in [-0.2, -0.15) is 5.10 Å². The second kappa shape index (κ2) is 5.98. The van der Waals surface area contributed by atoms with Crippen molar-refractivity contribution in [2.24, 2.45) is 11.3 Å². The van der Waals surface area contributed by atoms with Gasteiger partial charge < -0.3 is 5.32 Å². The van der Waals surface area contributed by atoms with Gasteiger partial charge in [0, 0.05) is 23.6 Å². The summed E-state index contributed by atoms with van der Waals surface area (Å²) in [6.45, 7) is 15.0. The number of carbonyl (C=O) groups excluding carboxylic acids is 1. The van der Waals surface area contributed by atoms with Crippen molar-refractivity contribution in [3.8, 4) is 0 Å². The highest BCUT2D eigenvalue weighted by molar-refractivity contribution is 5.89. The molecule has 4 heteroatoms. The molecule has 4 nitrogen and oxygen atoms in total. The SMILES string of the molecule is CC(CC(=O)Nc1cc(C(C)(C)C)[nH]n1)CC(C)(C)C. The van der Waals surface area contributed by atoms with Crippen molar-refractivity contribution < 1.29 is 4.79 Å². The Morgan fingerprint density at radius 2 is 1.90 bits per heavy atom. The third kappa shape index (κ3) is 5.76. The van der Waals surface area contributed by atoms with Crippen LogP contribution in [-0.4, -0.2) is 16.1 Å². The van der Waals surface area contributed by atoms with Gasteiger partial charge in [-0.25, -0.2) is 0 Å². The number of nitrogens with zero attached hydrogens (tertiary/aromatic N) is 1. The maximum absolute atomic E-state index is 12.0. The fourth-order valence-electron chi connectivity index (χ4n) is 2.40. The topological polar surface area (TPSA) is 57.8 Å². The van der Waals surface area contributed by atoms with Crippen LogP contribution in [0.25, 0.3) is 0 Å². The summed E-state index contributed by atoms with van der Waals surface area (Å²) in [6.07, 6.45) is 1.57. The summed E-state index contributed by atoms with van der Waals surface area (Å²) >= 11 is 0. The Bertz CT molecular complexity index is 449. The predicted molar refractivity (Wildman–Crippen MR) is 83.8 cm³/mol. The van der Waals surface area contributed by atoms with Gasteiger partial charge in [-0.3, -0.25) is 9.89 Å². The molecular weight excluding hydrogens is 250 g/mol. The van der Waals surface area contributed by atoms with Crippen molar-refractivity contribution in [2.45, 2.75) is 66.7 Å². The summed E-state index contributed by atoms with van der Waals surface area (Å²) < 4.78 is 0. The first-order valence-corrected chi connectivity index (χ1v) is 7.33. The van der Waals surface area contributed by atoms with Crippen molar-refractivity contribution >= 4 is 11.7 Å². The highest BCUT2D eigenvalue weighted by atomic mass is 16.1. The molecular formula is C16H29N3O. The first kappa shape index (κ1) is 16.7. The first-order valence-electron chi connectivity index (χ1n) is 7.33. The fraction of sp³-hybridized carbons (Fsp3) is 0.750. The van der Waals surface area contributed by atoms with E-state index in [0.717, 1.165) is 12.1 Å². The van der Waals surface area contributed by atoms with Crippen LogP contribution in [0, 0.1) is 11.3 Å². The normalized spacial score (nSPS) is 14.2. The molecule has 1 aromatic heterocycles. The van der Waals surface area contributed by atoms with Gasteiger partial charge in [-0.05, 0) is 17.8 Å². The molecule has 1 heterocycles. The summed E-state index contributed by atoms with van der Waals surface area (Å²) in [6, 6.07) is 1.91. The molecule has 0 bridgehead atoms. The van der Waals surface area contributed by atoms with E-state index in [1.54, 1.807) is 0 Å². The number of carbonyl (C=O) groups is 1. The molecule has 0 aliphatic rings.